The summed E-state index contributed by atoms with van der Waals surface area (Å²) in [6.45, 7) is 2.01. The first-order chi connectivity index (χ1) is 14.1. The van der Waals surface area contributed by atoms with Crippen LogP contribution in [0.5, 0.6) is 0 Å². The number of imidazole rings is 1. The molecule has 0 unspecified atom stereocenters. The molecular formula is C21H24N6O2. The van der Waals surface area contributed by atoms with E-state index in [-0.39, 0.29) is 22.8 Å². The van der Waals surface area contributed by atoms with Crippen molar-refractivity contribution in [1.29, 1.82) is 0 Å². The second-order valence-electron chi connectivity index (χ2n) is 8.12. The van der Waals surface area contributed by atoms with Gasteiger partial charge in [0.2, 0.25) is 11.9 Å². The van der Waals surface area contributed by atoms with E-state index in [0.29, 0.717) is 26.1 Å². The van der Waals surface area contributed by atoms with Gasteiger partial charge in [0.1, 0.15) is 0 Å². The molecule has 0 saturated carbocycles. The van der Waals surface area contributed by atoms with Crippen LogP contribution in [0.15, 0.2) is 35.4 Å². The normalized spacial score (nSPS) is 17.7. The molecule has 1 aliphatic carbocycles. The van der Waals surface area contributed by atoms with Crippen molar-refractivity contribution in [3.05, 3.63) is 52.2 Å². The van der Waals surface area contributed by atoms with Crippen molar-refractivity contribution in [3.8, 4) is 0 Å². The molecule has 1 aliphatic heterocycles. The van der Waals surface area contributed by atoms with Gasteiger partial charge in [-0.25, -0.2) is 9.97 Å². The molecule has 1 spiro atoms. The van der Waals surface area contributed by atoms with Gasteiger partial charge in [0.05, 0.1) is 23.1 Å². The lowest BCUT2D eigenvalue weighted by molar-refractivity contribution is -0.133. The SMILES string of the molecule is Nc1nc2c(c(=O)[nH]1)CCC21CCN(C(=O)CCn2cnc3ccccc32)CC1. The number of rotatable bonds is 3. The van der Waals surface area contributed by atoms with Crippen molar-refractivity contribution < 1.29 is 4.79 Å². The maximum absolute atomic E-state index is 12.8. The van der Waals surface area contributed by atoms with Crippen molar-refractivity contribution in [3.63, 3.8) is 0 Å². The predicted octanol–water partition coefficient (Wildman–Crippen LogP) is 1.60. The molecule has 0 bridgehead atoms. The zero-order valence-electron chi connectivity index (χ0n) is 16.2. The average Bonchev–Trinajstić information content (AvgIpc) is 3.29. The number of piperidine rings is 1. The Morgan fingerprint density at radius 2 is 2.00 bits per heavy atom. The molecule has 2 aliphatic rings. The van der Waals surface area contributed by atoms with E-state index in [4.69, 9.17) is 5.73 Å². The zero-order valence-corrected chi connectivity index (χ0v) is 16.2. The monoisotopic (exact) mass is 392 g/mol. The number of carbonyl (C=O) groups is 1. The molecule has 8 nitrogen and oxygen atoms in total. The van der Waals surface area contributed by atoms with Crippen LogP contribution < -0.4 is 11.3 Å². The van der Waals surface area contributed by atoms with E-state index >= 15 is 0 Å². The van der Waals surface area contributed by atoms with E-state index in [1.165, 1.54) is 0 Å². The third-order valence-corrected chi connectivity index (χ3v) is 6.56. The Bertz CT molecular complexity index is 1140. The molecule has 0 radical (unpaired) electrons. The second kappa shape index (κ2) is 6.72. The van der Waals surface area contributed by atoms with Gasteiger partial charge in [0.15, 0.2) is 0 Å². The summed E-state index contributed by atoms with van der Waals surface area (Å²) in [6, 6.07) is 7.95. The second-order valence-corrected chi connectivity index (χ2v) is 8.12. The van der Waals surface area contributed by atoms with Crippen LogP contribution in [-0.4, -0.2) is 43.4 Å². The lowest BCUT2D eigenvalue weighted by Gasteiger charge is -2.39. The molecule has 3 aromatic rings. The number of benzene rings is 1. The molecule has 3 heterocycles. The number of carbonyl (C=O) groups excluding carboxylic acids is 1. The highest BCUT2D eigenvalue weighted by Gasteiger charge is 2.44. The first-order valence-corrected chi connectivity index (χ1v) is 10.1. The fourth-order valence-corrected chi connectivity index (χ4v) is 4.90. The first kappa shape index (κ1) is 17.9. The Labute approximate surface area is 167 Å². The largest absolute Gasteiger partial charge is 0.369 e. The van der Waals surface area contributed by atoms with Gasteiger partial charge in [-0.2, -0.15) is 0 Å². The summed E-state index contributed by atoms with van der Waals surface area (Å²) < 4.78 is 2.03. The maximum atomic E-state index is 12.8. The lowest BCUT2D eigenvalue weighted by Crippen LogP contribution is -2.45. The molecule has 150 valence electrons. The van der Waals surface area contributed by atoms with Crippen LogP contribution in [0.25, 0.3) is 11.0 Å². The van der Waals surface area contributed by atoms with E-state index in [0.717, 1.165) is 48.0 Å². The minimum absolute atomic E-state index is 0.115. The number of anilines is 1. The summed E-state index contributed by atoms with van der Waals surface area (Å²) in [5, 5.41) is 0. The molecule has 1 aromatic carbocycles. The van der Waals surface area contributed by atoms with Gasteiger partial charge >= 0.3 is 0 Å². The van der Waals surface area contributed by atoms with E-state index in [9.17, 15) is 9.59 Å². The predicted molar refractivity (Wildman–Crippen MR) is 109 cm³/mol. The van der Waals surface area contributed by atoms with E-state index in [2.05, 4.69) is 15.0 Å². The Kier molecular flexibility index (Phi) is 4.15. The number of nitrogens with one attached hydrogen (secondary N) is 1. The van der Waals surface area contributed by atoms with Gasteiger partial charge in [-0.05, 0) is 37.8 Å². The van der Waals surface area contributed by atoms with Crippen LogP contribution in [0, 0.1) is 0 Å². The molecule has 29 heavy (non-hydrogen) atoms. The molecule has 2 aromatic heterocycles. The van der Waals surface area contributed by atoms with Gasteiger partial charge in [-0.3, -0.25) is 14.6 Å². The number of aromatic amines is 1. The third kappa shape index (κ3) is 2.99. The van der Waals surface area contributed by atoms with Crippen LogP contribution in [0.3, 0.4) is 0 Å². The van der Waals surface area contributed by atoms with Gasteiger partial charge in [-0.15, -0.1) is 0 Å². The molecule has 0 atom stereocenters. The Morgan fingerprint density at radius 3 is 2.83 bits per heavy atom. The van der Waals surface area contributed by atoms with Gasteiger partial charge < -0.3 is 15.2 Å². The van der Waals surface area contributed by atoms with Crippen LogP contribution in [0.4, 0.5) is 5.95 Å². The number of nitrogens with two attached hydrogens (primary N) is 1. The van der Waals surface area contributed by atoms with E-state index < -0.39 is 0 Å². The van der Waals surface area contributed by atoms with Crippen molar-refractivity contribution in [2.45, 2.75) is 44.1 Å². The number of hydrogen-bond acceptors (Lipinski definition) is 5. The number of nitrogens with zero attached hydrogens (tertiary/aromatic N) is 4. The Balaban J connectivity index is 1.25. The fraction of sp³-hybridized carbons (Fsp3) is 0.429. The number of fused-ring (bicyclic) bond motifs is 3. The summed E-state index contributed by atoms with van der Waals surface area (Å²) in [7, 11) is 0. The summed E-state index contributed by atoms with van der Waals surface area (Å²) in [5.74, 6) is 0.343. The summed E-state index contributed by atoms with van der Waals surface area (Å²) in [6.07, 6.45) is 5.55. The molecule has 1 saturated heterocycles. The summed E-state index contributed by atoms with van der Waals surface area (Å²) >= 11 is 0. The van der Waals surface area contributed by atoms with Crippen LogP contribution in [0.2, 0.25) is 0 Å². The molecule has 3 N–H and O–H groups in total. The van der Waals surface area contributed by atoms with Crippen LogP contribution in [0.1, 0.15) is 36.9 Å². The van der Waals surface area contributed by atoms with Crippen molar-refractivity contribution >= 4 is 22.9 Å². The number of H-pyrrole nitrogens is 1. The molecule has 5 rings (SSSR count). The van der Waals surface area contributed by atoms with E-state index in [1.54, 1.807) is 6.33 Å². The highest BCUT2D eigenvalue weighted by molar-refractivity contribution is 5.77. The summed E-state index contributed by atoms with van der Waals surface area (Å²) in [4.78, 5) is 38.4. The number of para-hydroxylation sites is 2. The number of hydrogen-bond donors (Lipinski definition) is 2. The zero-order chi connectivity index (χ0) is 20.0. The Morgan fingerprint density at radius 1 is 1.21 bits per heavy atom. The van der Waals surface area contributed by atoms with Gasteiger partial charge in [0.25, 0.3) is 5.56 Å². The molecule has 1 fully saturated rings. The van der Waals surface area contributed by atoms with Crippen molar-refractivity contribution in [2.75, 3.05) is 18.8 Å². The Hall–Kier alpha value is -3.16. The standard InChI is InChI=1S/C21H24N6O2/c22-20-24-18-14(19(29)25-20)5-7-21(18)8-11-26(12-9-21)17(28)6-10-27-13-23-15-3-1-2-4-16(15)27/h1-4,13H,5-12H2,(H3,22,24,25,29). The molecule has 8 heteroatoms. The van der Waals surface area contributed by atoms with E-state index in [1.807, 2.05) is 33.7 Å². The quantitative estimate of drug-likeness (QED) is 0.703. The number of likely N-dealkylation sites (tertiary alicyclic amines) is 1. The third-order valence-electron chi connectivity index (χ3n) is 6.56. The highest BCUT2D eigenvalue weighted by atomic mass is 16.2. The molecule has 1 amide bonds. The number of aryl methyl sites for hydroxylation is 1. The van der Waals surface area contributed by atoms with Crippen LogP contribution >= 0.6 is 0 Å². The maximum Gasteiger partial charge on any atom is 0.255 e. The number of nitrogen functional groups attached to an aromatic ring is 1. The summed E-state index contributed by atoms with van der Waals surface area (Å²) in [5.41, 5.74) is 9.18. The minimum atomic E-state index is -0.116. The van der Waals surface area contributed by atoms with Crippen LogP contribution in [-0.2, 0) is 23.2 Å². The topological polar surface area (TPSA) is 110 Å². The lowest BCUT2D eigenvalue weighted by atomic mass is 9.76. The highest BCUT2D eigenvalue weighted by Crippen LogP contribution is 2.44. The molecular weight excluding hydrogens is 368 g/mol. The van der Waals surface area contributed by atoms with Gasteiger partial charge in [-0.1, -0.05) is 12.1 Å². The van der Waals surface area contributed by atoms with Crippen molar-refractivity contribution in [2.24, 2.45) is 0 Å². The fourth-order valence-electron chi connectivity index (χ4n) is 4.90. The average molecular weight is 392 g/mol. The smallest absolute Gasteiger partial charge is 0.255 e. The first-order valence-electron chi connectivity index (χ1n) is 10.1. The van der Waals surface area contributed by atoms with Crippen molar-refractivity contribution in [1.82, 2.24) is 24.4 Å². The number of amides is 1. The minimum Gasteiger partial charge on any atom is -0.369 e. The number of aromatic nitrogens is 4. The van der Waals surface area contributed by atoms with Gasteiger partial charge in [0, 0.05) is 37.0 Å².